The molecule has 9 heteroatoms. The van der Waals surface area contributed by atoms with Crippen molar-refractivity contribution in [1.82, 2.24) is 5.43 Å². The monoisotopic (exact) mass is 391 g/mol. The second-order valence-corrected chi connectivity index (χ2v) is 5.58. The van der Waals surface area contributed by atoms with Crippen molar-refractivity contribution in [3.8, 4) is 11.5 Å². The minimum atomic E-state index is -0.493. The highest BCUT2D eigenvalue weighted by molar-refractivity contribution is 9.10. The average Bonchev–Trinajstić information content (AvgIpc) is 3.03. The lowest BCUT2D eigenvalue weighted by Crippen LogP contribution is -2.17. The summed E-state index contributed by atoms with van der Waals surface area (Å²) >= 11 is 3.22. The van der Waals surface area contributed by atoms with Gasteiger partial charge >= 0.3 is 0 Å². The molecule has 0 spiro atoms. The Kier molecular flexibility index (Phi) is 4.43. The molecule has 1 N–H and O–H groups in total. The number of nitro groups is 1. The van der Waals surface area contributed by atoms with Gasteiger partial charge in [0.05, 0.1) is 11.1 Å². The van der Waals surface area contributed by atoms with E-state index < -0.39 is 10.8 Å². The summed E-state index contributed by atoms with van der Waals surface area (Å²) in [7, 11) is 0. The van der Waals surface area contributed by atoms with Crippen molar-refractivity contribution in [2.45, 2.75) is 0 Å². The van der Waals surface area contributed by atoms with Crippen LogP contribution in [0.25, 0.3) is 0 Å². The molecule has 2 aromatic carbocycles. The Morgan fingerprint density at radius 1 is 1.25 bits per heavy atom. The molecule has 1 heterocycles. The van der Waals surface area contributed by atoms with Gasteiger partial charge in [-0.25, -0.2) is 5.43 Å². The summed E-state index contributed by atoms with van der Waals surface area (Å²) in [5, 5.41) is 14.5. The molecule has 3 rings (SSSR count). The van der Waals surface area contributed by atoms with Crippen molar-refractivity contribution in [2.75, 3.05) is 6.79 Å². The van der Waals surface area contributed by atoms with Gasteiger partial charge in [0.2, 0.25) is 6.79 Å². The number of carbonyl (C=O) groups excluding carboxylic acids is 1. The van der Waals surface area contributed by atoms with Gasteiger partial charge in [-0.1, -0.05) is 0 Å². The van der Waals surface area contributed by atoms with Crippen LogP contribution >= 0.6 is 15.9 Å². The van der Waals surface area contributed by atoms with E-state index in [1.165, 1.54) is 24.4 Å². The molecule has 1 amide bonds. The standard InChI is InChI=1S/C15H10BrN3O5/c16-12-6-11(19(21)22)3-1-10(12)7-17-18-15(20)9-2-4-13-14(5-9)24-8-23-13/h1-7H,8H2,(H,18,20)/b17-7-. The molecule has 122 valence electrons. The fourth-order valence-electron chi connectivity index (χ4n) is 2.00. The molecule has 1 aliphatic heterocycles. The number of fused-ring (bicyclic) bond motifs is 1. The van der Waals surface area contributed by atoms with Crippen molar-refractivity contribution >= 4 is 33.7 Å². The number of non-ortho nitro benzene ring substituents is 1. The quantitative estimate of drug-likeness (QED) is 0.490. The highest BCUT2D eigenvalue weighted by Crippen LogP contribution is 2.32. The minimum Gasteiger partial charge on any atom is -0.454 e. The Morgan fingerprint density at radius 2 is 2.04 bits per heavy atom. The molecule has 0 bridgehead atoms. The van der Waals surface area contributed by atoms with Crippen LogP contribution in [0.15, 0.2) is 46.0 Å². The summed E-state index contributed by atoms with van der Waals surface area (Å²) in [4.78, 5) is 22.2. The van der Waals surface area contributed by atoms with Gasteiger partial charge in [0.1, 0.15) is 0 Å². The normalized spacial score (nSPS) is 12.4. The zero-order valence-corrected chi connectivity index (χ0v) is 13.6. The van der Waals surface area contributed by atoms with Gasteiger partial charge in [-0.2, -0.15) is 5.10 Å². The summed E-state index contributed by atoms with van der Waals surface area (Å²) in [6.07, 6.45) is 1.39. The number of hydrazone groups is 1. The van der Waals surface area contributed by atoms with Crippen LogP contribution in [0.1, 0.15) is 15.9 Å². The smallest absolute Gasteiger partial charge is 0.271 e. The number of ether oxygens (including phenoxy) is 2. The van der Waals surface area contributed by atoms with Crippen molar-refractivity contribution in [3.05, 3.63) is 62.1 Å². The molecule has 0 saturated carbocycles. The van der Waals surface area contributed by atoms with Crippen molar-refractivity contribution in [3.63, 3.8) is 0 Å². The fraction of sp³-hybridized carbons (Fsp3) is 0.0667. The van der Waals surface area contributed by atoms with Gasteiger partial charge in [0, 0.05) is 27.7 Å². The molecule has 0 atom stereocenters. The summed E-state index contributed by atoms with van der Waals surface area (Å²) in [5.41, 5.74) is 3.31. The molecule has 8 nitrogen and oxygen atoms in total. The maximum absolute atomic E-state index is 12.0. The van der Waals surface area contributed by atoms with Crippen LogP contribution in [0.3, 0.4) is 0 Å². The molecule has 24 heavy (non-hydrogen) atoms. The topological polar surface area (TPSA) is 103 Å². The molecule has 1 aliphatic rings. The first kappa shape index (κ1) is 15.9. The molecule has 0 saturated heterocycles. The lowest BCUT2D eigenvalue weighted by molar-refractivity contribution is -0.384. The zero-order valence-electron chi connectivity index (χ0n) is 12.1. The molecular formula is C15H10BrN3O5. The molecule has 2 aromatic rings. The Morgan fingerprint density at radius 3 is 2.79 bits per heavy atom. The van der Waals surface area contributed by atoms with Crippen LogP contribution in [-0.2, 0) is 0 Å². The molecular weight excluding hydrogens is 382 g/mol. The van der Waals surface area contributed by atoms with E-state index in [0.29, 0.717) is 27.1 Å². The van der Waals surface area contributed by atoms with E-state index >= 15 is 0 Å². The second kappa shape index (κ2) is 6.67. The zero-order chi connectivity index (χ0) is 17.1. The Hall–Kier alpha value is -2.94. The number of benzene rings is 2. The van der Waals surface area contributed by atoms with Crippen LogP contribution in [0.5, 0.6) is 11.5 Å². The summed E-state index contributed by atoms with van der Waals surface area (Å²) in [6.45, 7) is 0.132. The molecule has 0 fully saturated rings. The van der Waals surface area contributed by atoms with E-state index in [9.17, 15) is 14.9 Å². The molecule has 0 radical (unpaired) electrons. The largest absolute Gasteiger partial charge is 0.454 e. The van der Waals surface area contributed by atoms with Crippen molar-refractivity contribution in [1.29, 1.82) is 0 Å². The number of nitrogens with one attached hydrogen (secondary N) is 1. The van der Waals surface area contributed by atoms with Crippen LogP contribution < -0.4 is 14.9 Å². The summed E-state index contributed by atoms with van der Waals surface area (Å²) < 4.78 is 10.9. The minimum absolute atomic E-state index is 0.0385. The average molecular weight is 392 g/mol. The fourth-order valence-corrected chi connectivity index (χ4v) is 2.47. The third kappa shape index (κ3) is 3.35. The Balaban J connectivity index is 1.68. The van der Waals surface area contributed by atoms with Crippen LogP contribution in [0, 0.1) is 10.1 Å². The van der Waals surface area contributed by atoms with E-state index in [4.69, 9.17) is 9.47 Å². The lowest BCUT2D eigenvalue weighted by Gasteiger charge is -2.02. The van der Waals surface area contributed by atoms with Crippen LogP contribution in [-0.4, -0.2) is 23.8 Å². The number of amides is 1. The number of nitrogens with zero attached hydrogens (tertiary/aromatic N) is 2. The predicted octanol–water partition coefficient (Wildman–Crippen LogP) is 2.85. The van der Waals surface area contributed by atoms with E-state index in [-0.39, 0.29) is 12.5 Å². The second-order valence-electron chi connectivity index (χ2n) is 4.73. The SMILES string of the molecule is O=C(N/N=C\c1ccc([N+](=O)[O-])cc1Br)c1ccc2c(c1)OCO2. The predicted molar refractivity (Wildman–Crippen MR) is 88.4 cm³/mol. The van der Waals surface area contributed by atoms with E-state index in [1.807, 2.05) is 0 Å². The third-order valence-corrected chi connectivity index (χ3v) is 3.89. The van der Waals surface area contributed by atoms with Gasteiger partial charge in [-0.05, 0) is 40.2 Å². The summed E-state index contributed by atoms with van der Waals surface area (Å²) in [6, 6.07) is 9.05. The highest BCUT2D eigenvalue weighted by Gasteiger charge is 2.16. The van der Waals surface area contributed by atoms with E-state index in [1.54, 1.807) is 18.2 Å². The number of halogens is 1. The number of rotatable bonds is 4. The first-order valence-electron chi connectivity index (χ1n) is 6.71. The third-order valence-electron chi connectivity index (χ3n) is 3.20. The summed E-state index contributed by atoms with van der Waals surface area (Å²) in [5.74, 6) is 0.678. The lowest BCUT2D eigenvalue weighted by atomic mass is 10.2. The number of nitro benzene ring substituents is 1. The Labute approximate surface area is 144 Å². The number of hydrogen-bond acceptors (Lipinski definition) is 6. The highest BCUT2D eigenvalue weighted by atomic mass is 79.9. The van der Waals surface area contributed by atoms with Crippen LogP contribution in [0.4, 0.5) is 5.69 Å². The molecule has 0 unspecified atom stereocenters. The van der Waals surface area contributed by atoms with Gasteiger partial charge < -0.3 is 9.47 Å². The van der Waals surface area contributed by atoms with Gasteiger partial charge in [-0.3, -0.25) is 14.9 Å². The number of carbonyl (C=O) groups is 1. The van der Waals surface area contributed by atoms with Crippen LogP contribution in [0.2, 0.25) is 0 Å². The van der Waals surface area contributed by atoms with Gasteiger partial charge in [0.15, 0.2) is 11.5 Å². The van der Waals surface area contributed by atoms with Crippen molar-refractivity contribution in [2.24, 2.45) is 5.10 Å². The number of hydrogen-bond donors (Lipinski definition) is 1. The molecule has 0 aromatic heterocycles. The van der Waals surface area contributed by atoms with Gasteiger partial charge in [-0.15, -0.1) is 0 Å². The maximum Gasteiger partial charge on any atom is 0.271 e. The van der Waals surface area contributed by atoms with E-state index in [0.717, 1.165) is 0 Å². The molecule has 0 aliphatic carbocycles. The van der Waals surface area contributed by atoms with Gasteiger partial charge in [0.25, 0.3) is 11.6 Å². The van der Waals surface area contributed by atoms with E-state index in [2.05, 4.69) is 26.5 Å². The van der Waals surface area contributed by atoms with Crippen molar-refractivity contribution < 1.29 is 19.2 Å². The Bertz CT molecular complexity index is 853. The maximum atomic E-state index is 12.0. The first-order chi connectivity index (χ1) is 11.5. The first-order valence-corrected chi connectivity index (χ1v) is 7.51.